The van der Waals surface area contributed by atoms with Gasteiger partial charge in [-0.25, -0.2) is 0 Å². The fraction of sp³-hybridized carbons (Fsp3) is 0.321. The number of fused-ring (bicyclic) bond motifs is 1. The summed E-state index contributed by atoms with van der Waals surface area (Å²) in [4.78, 5) is 14.4. The second kappa shape index (κ2) is 10.4. The van der Waals surface area contributed by atoms with Gasteiger partial charge in [-0.1, -0.05) is 48.5 Å². The largest absolute Gasteiger partial charge is 0.491 e. The molecule has 1 aliphatic heterocycles. The van der Waals surface area contributed by atoms with Gasteiger partial charge in [0.15, 0.2) is 11.5 Å². The zero-order valence-corrected chi connectivity index (χ0v) is 19.5. The number of nitrogens with zero attached hydrogens (tertiary/aromatic N) is 1. The maximum Gasteiger partial charge on any atom is 0.231 e. The smallest absolute Gasteiger partial charge is 0.231 e. The Labute approximate surface area is 195 Å². The van der Waals surface area contributed by atoms with Crippen molar-refractivity contribution in [1.29, 1.82) is 0 Å². The molecule has 172 valence electrons. The molecule has 1 atom stereocenters. The molecule has 5 nitrogen and oxygen atoms in total. The number of hydrogen-bond donors (Lipinski definition) is 0. The number of benzene rings is 3. The average Bonchev–Trinajstić information content (AvgIpc) is 3.28. The molecule has 1 aliphatic rings. The molecule has 0 unspecified atom stereocenters. The van der Waals surface area contributed by atoms with Gasteiger partial charge >= 0.3 is 0 Å². The number of amides is 1. The number of rotatable bonds is 9. The van der Waals surface area contributed by atoms with Gasteiger partial charge in [-0.05, 0) is 61.2 Å². The molecule has 4 rings (SSSR count). The number of carbonyl (C=O) groups excluding carboxylic acids is 1. The predicted molar refractivity (Wildman–Crippen MR) is 129 cm³/mol. The van der Waals surface area contributed by atoms with E-state index in [1.54, 1.807) is 6.92 Å². The van der Waals surface area contributed by atoms with Crippen LogP contribution in [-0.2, 0) is 11.3 Å². The molecule has 0 bridgehead atoms. The van der Waals surface area contributed by atoms with E-state index in [9.17, 15) is 4.79 Å². The molecule has 5 heteroatoms. The van der Waals surface area contributed by atoms with Crippen molar-refractivity contribution < 1.29 is 19.0 Å². The molecule has 0 aromatic heterocycles. The third-order valence-corrected chi connectivity index (χ3v) is 5.80. The zero-order chi connectivity index (χ0) is 23.2. The highest BCUT2D eigenvalue weighted by Gasteiger charge is 2.21. The van der Waals surface area contributed by atoms with Gasteiger partial charge in [0.05, 0.1) is 6.10 Å². The van der Waals surface area contributed by atoms with Crippen molar-refractivity contribution in [2.24, 2.45) is 0 Å². The Morgan fingerprint density at radius 2 is 1.67 bits per heavy atom. The third kappa shape index (κ3) is 5.86. The van der Waals surface area contributed by atoms with Crippen molar-refractivity contribution in [1.82, 2.24) is 4.90 Å². The Morgan fingerprint density at radius 3 is 2.36 bits per heavy atom. The highest BCUT2D eigenvalue weighted by Crippen LogP contribution is 2.37. The zero-order valence-electron chi connectivity index (χ0n) is 19.5. The van der Waals surface area contributed by atoms with Crippen LogP contribution in [-0.4, -0.2) is 30.2 Å². The molecule has 33 heavy (non-hydrogen) atoms. The Morgan fingerprint density at radius 1 is 0.939 bits per heavy atom. The summed E-state index contributed by atoms with van der Waals surface area (Å²) < 4.78 is 16.8. The first kappa shape index (κ1) is 22.7. The minimum absolute atomic E-state index is 0.0648. The minimum atomic E-state index is 0.0648. The molecule has 0 fully saturated rings. The monoisotopic (exact) mass is 445 g/mol. The first-order valence-electron chi connectivity index (χ1n) is 11.4. The molecule has 1 heterocycles. The Bertz CT molecular complexity index is 1060. The molecule has 3 aromatic rings. The van der Waals surface area contributed by atoms with Gasteiger partial charge in [0.2, 0.25) is 12.7 Å². The summed E-state index contributed by atoms with van der Waals surface area (Å²) in [6.45, 7) is 7.12. The second-order valence-electron chi connectivity index (χ2n) is 8.62. The summed E-state index contributed by atoms with van der Waals surface area (Å²) >= 11 is 0. The lowest BCUT2D eigenvalue weighted by molar-refractivity contribution is -0.129. The van der Waals surface area contributed by atoms with E-state index in [4.69, 9.17) is 14.2 Å². The molecule has 0 aliphatic carbocycles. The van der Waals surface area contributed by atoms with Crippen molar-refractivity contribution in [2.75, 3.05) is 13.3 Å². The van der Waals surface area contributed by atoms with Crippen LogP contribution in [0.15, 0.2) is 72.8 Å². The molecular weight excluding hydrogens is 414 g/mol. The standard InChI is InChI=1S/C28H31NO4/c1-20(2)33-25-12-9-22(10-13-25)18-29(21(3)30)16-15-26(23-7-5-4-6-8-23)24-11-14-27-28(17-24)32-19-31-27/h4-14,17,20,26H,15-16,18-19H2,1-3H3/t26-/m0/s1. The van der Waals surface area contributed by atoms with E-state index in [0.717, 1.165) is 34.8 Å². The van der Waals surface area contributed by atoms with Gasteiger partial charge in [0.1, 0.15) is 5.75 Å². The SMILES string of the molecule is CC(=O)N(CC[C@@H](c1ccccc1)c1ccc2c(c1)OCO2)Cc1ccc(OC(C)C)cc1. The summed E-state index contributed by atoms with van der Waals surface area (Å²) in [5.41, 5.74) is 3.46. The van der Waals surface area contributed by atoms with Crippen LogP contribution in [0, 0.1) is 0 Å². The lowest BCUT2D eigenvalue weighted by atomic mass is 9.88. The number of hydrogen-bond acceptors (Lipinski definition) is 4. The van der Waals surface area contributed by atoms with Crippen LogP contribution in [0.3, 0.4) is 0 Å². The van der Waals surface area contributed by atoms with Crippen LogP contribution in [0.25, 0.3) is 0 Å². The van der Waals surface area contributed by atoms with E-state index in [1.165, 1.54) is 5.56 Å². The van der Waals surface area contributed by atoms with E-state index < -0.39 is 0 Å². The van der Waals surface area contributed by atoms with Crippen LogP contribution in [0.5, 0.6) is 17.2 Å². The maximum atomic E-state index is 12.5. The lowest BCUT2D eigenvalue weighted by Gasteiger charge is -2.25. The van der Waals surface area contributed by atoms with Crippen molar-refractivity contribution in [2.45, 2.75) is 45.8 Å². The maximum absolute atomic E-state index is 12.5. The third-order valence-electron chi connectivity index (χ3n) is 5.80. The Kier molecular flexibility index (Phi) is 7.18. The molecule has 0 N–H and O–H groups in total. The van der Waals surface area contributed by atoms with Crippen LogP contribution in [0.4, 0.5) is 0 Å². The molecule has 1 amide bonds. The van der Waals surface area contributed by atoms with E-state index in [0.29, 0.717) is 13.1 Å². The van der Waals surface area contributed by atoms with E-state index in [-0.39, 0.29) is 24.7 Å². The summed E-state index contributed by atoms with van der Waals surface area (Å²) in [6.07, 6.45) is 0.938. The van der Waals surface area contributed by atoms with Crippen molar-refractivity contribution in [3.63, 3.8) is 0 Å². The number of ether oxygens (including phenoxy) is 3. The highest BCUT2D eigenvalue weighted by atomic mass is 16.7. The summed E-state index contributed by atoms with van der Waals surface area (Å²) in [5.74, 6) is 2.61. The van der Waals surface area contributed by atoms with Gasteiger partial charge in [-0.2, -0.15) is 0 Å². The second-order valence-corrected chi connectivity index (χ2v) is 8.62. The lowest BCUT2D eigenvalue weighted by Crippen LogP contribution is -2.30. The van der Waals surface area contributed by atoms with Crippen molar-refractivity contribution in [3.05, 3.63) is 89.5 Å². The molecule has 3 aromatic carbocycles. The summed E-state index contributed by atoms with van der Waals surface area (Å²) in [7, 11) is 0. The van der Waals surface area contributed by atoms with Gasteiger partial charge < -0.3 is 19.1 Å². The minimum Gasteiger partial charge on any atom is -0.491 e. The van der Waals surface area contributed by atoms with Crippen LogP contribution < -0.4 is 14.2 Å². The number of carbonyl (C=O) groups is 1. The van der Waals surface area contributed by atoms with E-state index in [2.05, 4.69) is 36.4 Å². The van der Waals surface area contributed by atoms with Gasteiger partial charge in [-0.3, -0.25) is 4.79 Å². The Hall–Kier alpha value is -3.47. The fourth-order valence-corrected chi connectivity index (χ4v) is 4.14. The average molecular weight is 446 g/mol. The molecule has 0 saturated heterocycles. The van der Waals surface area contributed by atoms with E-state index >= 15 is 0 Å². The Balaban J connectivity index is 1.50. The molecule has 0 radical (unpaired) electrons. The predicted octanol–water partition coefficient (Wildman–Crippen LogP) is 5.77. The van der Waals surface area contributed by atoms with Crippen LogP contribution >= 0.6 is 0 Å². The van der Waals surface area contributed by atoms with Gasteiger partial charge in [-0.15, -0.1) is 0 Å². The normalized spacial score (nSPS) is 13.1. The van der Waals surface area contributed by atoms with Crippen LogP contribution in [0.2, 0.25) is 0 Å². The van der Waals surface area contributed by atoms with Gasteiger partial charge in [0, 0.05) is 25.9 Å². The fourth-order valence-electron chi connectivity index (χ4n) is 4.14. The summed E-state index contributed by atoms with van der Waals surface area (Å²) in [6, 6.07) is 24.5. The van der Waals surface area contributed by atoms with Crippen LogP contribution in [0.1, 0.15) is 49.8 Å². The molecular formula is C28H31NO4. The van der Waals surface area contributed by atoms with E-state index in [1.807, 2.05) is 55.1 Å². The molecule has 0 spiro atoms. The first-order chi connectivity index (χ1) is 16.0. The van der Waals surface area contributed by atoms with Crippen molar-refractivity contribution in [3.8, 4) is 17.2 Å². The van der Waals surface area contributed by atoms with Crippen molar-refractivity contribution >= 4 is 5.91 Å². The topological polar surface area (TPSA) is 48.0 Å². The van der Waals surface area contributed by atoms with Gasteiger partial charge in [0.25, 0.3) is 0 Å². The quantitative estimate of drug-likeness (QED) is 0.419. The molecule has 0 saturated carbocycles. The first-order valence-corrected chi connectivity index (χ1v) is 11.4. The summed E-state index contributed by atoms with van der Waals surface area (Å²) in [5, 5.41) is 0. The highest BCUT2D eigenvalue weighted by molar-refractivity contribution is 5.73.